The van der Waals surface area contributed by atoms with Gasteiger partial charge in [0.1, 0.15) is 20.3 Å². The van der Waals surface area contributed by atoms with Gasteiger partial charge in [0.25, 0.3) is 0 Å². The van der Waals surface area contributed by atoms with E-state index in [9.17, 15) is 4.79 Å². The molecule has 2 saturated heterocycles. The Kier molecular flexibility index (Phi) is 6.54. The molecule has 0 spiro atoms. The average Bonchev–Trinajstić information content (AvgIpc) is 2.87. The second kappa shape index (κ2) is 8.42. The Morgan fingerprint density at radius 3 is 2.11 bits per heavy atom. The molecule has 28 heavy (non-hydrogen) atoms. The number of benzene rings is 1. The maximum Gasteiger partial charge on any atom is 0.316 e. The number of nitrogens with zero attached hydrogens (tertiary/aromatic N) is 1. The fourth-order valence-electron chi connectivity index (χ4n) is 4.88. The monoisotopic (exact) mass is 419 g/mol. The molecule has 0 amide bonds. The summed E-state index contributed by atoms with van der Waals surface area (Å²) in [4.78, 5) is 13.1. The van der Waals surface area contributed by atoms with Gasteiger partial charge in [-0.15, -0.1) is 0 Å². The minimum Gasteiger partial charge on any atom is -0.462 e. The van der Waals surface area contributed by atoms with Gasteiger partial charge in [-0.1, -0.05) is 50.0 Å². The van der Waals surface area contributed by atoms with Gasteiger partial charge in [0.05, 0.1) is 6.61 Å². The summed E-state index contributed by atoms with van der Waals surface area (Å²) in [5.74, 6) is -0.448. The first-order valence-electron chi connectivity index (χ1n) is 10.7. The number of fused-ring (bicyclic) bond motifs is 2. The maximum atomic E-state index is 13.1. The molecular formula is C22H37NO3Si2. The van der Waals surface area contributed by atoms with E-state index in [0.717, 1.165) is 18.4 Å². The van der Waals surface area contributed by atoms with Gasteiger partial charge in [-0.05, 0) is 50.9 Å². The van der Waals surface area contributed by atoms with E-state index in [0.29, 0.717) is 18.7 Å². The van der Waals surface area contributed by atoms with Crippen molar-refractivity contribution in [3.8, 4) is 0 Å². The van der Waals surface area contributed by atoms with Crippen LogP contribution in [0.25, 0.3) is 0 Å². The molecule has 4 nitrogen and oxygen atoms in total. The summed E-state index contributed by atoms with van der Waals surface area (Å²) >= 11 is 0. The molecule has 2 aliphatic heterocycles. The Morgan fingerprint density at radius 2 is 1.61 bits per heavy atom. The smallest absolute Gasteiger partial charge is 0.316 e. The van der Waals surface area contributed by atoms with Gasteiger partial charge in [0.2, 0.25) is 0 Å². The number of hydrogen-bond acceptors (Lipinski definition) is 4. The molecule has 0 aliphatic carbocycles. The fraction of sp³-hybridized carbons (Fsp3) is 0.682. The molecule has 0 saturated carbocycles. The van der Waals surface area contributed by atoms with Crippen LogP contribution in [-0.2, 0) is 14.0 Å². The van der Waals surface area contributed by atoms with Gasteiger partial charge in [-0.25, -0.2) is 0 Å². The molecule has 3 atom stereocenters. The van der Waals surface area contributed by atoms with Crippen molar-refractivity contribution in [2.75, 3.05) is 6.61 Å². The Morgan fingerprint density at radius 1 is 1.04 bits per heavy atom. The lowest BCUT2D eigenvalue weighted by Gasteiger charge is -2.45. The van der Waals surface area contributed by atoms with Crippen molar-refractivity contribution in [1.29, 1.82) is 0 Å². The summed E-state index contributed by atoms with van der Waals surface area (Å²) in [5, 5.41) is 0. The molecule has 0 N–H and O–H groups in total. The number of esters is 1. The third-order valence-corrected chi connectivity index (χ3v) is 9.23. The van der Waals surface area contributed by atoms with Crippen molar-refractivity contribution < 1.29 is 14.0 Å². The quantitative estimate of drug-likeness (QED) is 0.461. The van der Waals surface area contributed by atoms with Gasteiger partial charge < -0.3 is 13.7 Å². The van der Waals surface area contributed by atoms with Crippen LogP contribution >= 0.6 is 0 Å². The largest absolute Gasteiger partial charge is 0.462 e. The zero-order chi connectivity index (χ0) is 20.5. The zero-order valence-electron chi connectivity index (χ0n) is 18.4. The molecule has 2 heterocycles. The van der Waals surface area contributed by atoms with Crippen LogP contribution in [0.1, 0.15) is 37.2 Å². The number of rotatable bonds is 7. The van der Waals surface area contributed by atoms with Crippen LogP contribution in [0.15, 0.2) is 30.3 Å². The summed E-state index contributed by atoms with van der Waals surface area (Å²) in [6.45, 7) is 14.2. The van der Waals surface area contributed by atoms with Crippen molar-refractivity contribution in [2.24, 2.45) is 0 Å². The number of carbonyl (C=O) groups excluding carboxylic acids is 1. The summed E-state index contributed by atoms with van der Waals surface area (Å²) in [7, 11) is -3.02. The van der Waals surface area contributed by atoms with E-state index in [4.69, 9.17) is 9.16 Å². The number of carbonyl (C=O) groups is 1. The summed E-state index contributed by atoms with van der Waals surface area (Å²) in [6, 6.07) is 11.2. The third-order valence-electron chi connectivity index (χ3n) is 5.92. The van der Waals surface area contributed by atoms with E-state index >= 15 is 0 Å². The molecule has 0 aromatic heterocycles. The lowest BCUT2D eigenvalue weighted by Crippen LogP contribution is -2.57. The van der Waals surface area contributed by atoms with Gasteiger partial charge in [-0.2, -0.15) is 0 Å². The second-order valence-corrected chi connectivity index (χ2v) is 19.8. The normalized spacial score (nSPS) is 26.9. The van der Waals surface area contributed by atoms with Gasteiger partial charge in [0, 0.05) is 12.1 Å². The molecule has 6 heteroatoms. The molecule has 156 valence electrons. The molecule has 0 radical (unpaired) electrons. The minimum atomic E-state index is -1.70. The van der Waals surface area contributed by atoms with E-state index in [2.05, 4.69) is 43.8 Å². The predicted octanol–water partition coefficient (Wildman–Crippen LogP) is 5.00. The third kappa shape index (κ3) is 5.35. The van der Waals surface area contributed by atoms with Crippen molar-refractivity contribution in [3.63, 3.8) is 0 Å². The van der Waals surface area contributed by atoms with Crippen LogP contribution in [-0.4, -0.2) is 51.9 Å². The van der Waals surface area contributed by atoms with E-state index in [1.807, 2.05) is 30.3 Å². The summed E-state index contributed by atoms with van der Waals surface area (Å²) in [6.07, 6.45) is 4.54. The predicted molar refractivity (Wildman–Crippen MR) is 120 cm³/mol. The van der Waals surface area contributed by atoms with E-state index in [1.54, 1.807) is 0 Å². The molecule has 3 rings (SSSR count). The van der Waals surface area contributed by atoms with Crippen LogP contribution in [0, 0.1) is 0 Å². The average molecular weight is 420 g/mol. The summed E-state index contributed by atoms with van der Waals surface area (Å²) in [5.41, 5.74) is 0.994. The van der Waals surface area contributed by atoms with Crippen molar-refractivity contribution in [2.45, 2.75) is 89.1 Å². The SMILES string of the molecule is C[Si](C)(C)OCC(C(=O)OC1CC2CCC(C1)N2[Si](C)(C)C)c1ccccc1. The first-order valence-corrected chi connectivity index (χ1v) is 17.6. The second-order valence-electron chi connectivity index (χ2n) is 10.4. The molecular weight excluding hydrogens is 382 g/mol. The van der Waals surface area contributed by atoms with Crippen LogP contribution in [0.5, 0.6) is 0 Å². The van der Waals surface area contributed by atoms with Gasteiger partial charge >= 0.3 is 5.97 Å². The molecule has 2 aliphatic rings. The first-order chi connectivity index (χ1) is 13.0. The number of hydrogen-bond donors (Lipinski definition) is 0. The maximum absolute atomic E-state index is 13.1. The lowest BCUT2D eigenvalue weighted by molar-refractivity contribution is -0.154. The highest BCUT2D eigenvalue weighted by molar-refractivity contribution is 6.73. The van der Waals surface area contributed by atoms with Crippen LogP contribution < -0.4 is 0 Å². The topological polar surface area (TPSA) is 38.8 Å². The van der Waals surface area contributed by atoms with E-state index < -0.39 is 16.6 Å². The highest BCUT2D eigenvalue weighted by Gasteiger charge is 2.47. The lowest BCUT2D eigenvalue weighted by atomic mass is 9.99. The van der Waals surface area contributed by atoms with Crippen molar-refractivity contribution >= 4 is 22.5 Å². The molecule has 1 aromatic rings. The standard InChI is InChI=1S/C22H37NO3Si2/c1-27(2,3)23-18-12-13-19(23)15-20(14-18)26-22(24)21(16-25-28(4,5)6)17-10-8-7-9-11-17/h7-11,18-21H,12-16H2,1-6H3. The number of piperidine rings is 1. The summed E-state index contributed by atoms with van der Waals surface area (Å²) < 4.78 is 15.0. The fourth-order valence-corrected chi connectivity index (χ4v) is 8.21. The Labute approximate surface area is 172 Å². The van der Waals surface area contributed by atoms with Gasteiger partial charge in [-0.3, -0.25) is 4.79 Å². The van der Waals surface area contributed by atoms with Crippen LogP contribution in [0.3, 0.4) is 0 Å². The molecule has 3 unspecified atom stereocenters. The molecule has 1 aromatic carbocycles. The Balaban J connectivity index is 1.67. The van der Waals surface area contributed by atoms with Crippen molar-refractivity contribution in [3.05, 3.63) is 35.9 Å². The van der Waals surface area contributed by atoms with E-state index in [-0.39, 0.29) is 18.0 Å². The Hall–Kier alpha value is -0.956. The Bertz CT molecular complexity index is 655. The van der Waals surface area contributed by atoms with Crippen molar-refractivity contribution in [1.82, 2.24) is 4.57 Å². The number of ether oxygens (including phenoxy) is 1. The van der Waals surface area contributed by atoms with Crippen LogP contribution in [0.2, 0.25) is 39.3 Å². The molecule has 2 fully saturated rings. The van der Waals surface area contributed by atoms with E-state index in [1.165, 1.54) is 12.8 Å². The molecule has 2 bridgehead atoms. The minimum absolute atomic E-state index is 0.0516. The first kappa shape index (κ1) is 21.7. The zero-order valence-corrected chi connectivity index (χ0v) is 20.4. The van der Waals surface area contributed by atoms with Crippen LogP contribution in [0.4, 0.5) is 0 Å². The highest BCUT2D eigenvalue weighted by atomic mass is 28.4. The van der Waals surface area contributed by atoms with Gasteiger partial charge in [0.15, 0.2) is 8.32 Å². The highest BCUT2D eigenvalue weighted by Crippen LogP contribution is 2.40.